The van der Waals surface area contributed by atoms with Crippen LogP contribution in [0.2, 0.25) is 15.1 Å². The first-order valence-corrected chi connectivity index (χ1v) is 10.5. The van der Waals surface area contributed by atoms with Crippen molar-refractivity contribution in [2.24, 2.45) is 0 Å². The fourth-order valence-electron chi connectivity index (χ4n) is 3.07. The van der Waals surface area contributed by atoms with Gasteiger partial charge in [-0.3, -0.25) is 19.8 Å². The first-order valence-electron chi connectivity index (χ1n) is 9.33. The normalized spacial score (nSPS) is 10.7. The number of halogens is 3. The average Bonchev–Trinajstić information content (AvgIpc) is 3.20. The van der Waals surface area contributed by atoms with Crippen LogP contribution in [0.25, 0.3) is 17.1 Å². The summed E-state index contributed by atoms with van der Waals surface area (Å²) in [5.41, 5.74) is 5.34. The zero-order chi connectivity index (χ0) is 22.0. The van der Waals surface area contributed by atoms with E-state index in [0.29, 0.717) is 26.5 Å². The molecule has 156 valence electrons. The molecule has 0 aliphatic rings. The lowest BCUT2D eigenvalue weighted by molar-refractivity contribution is 0.0947. The van der Waals surface area contributed by atoms with Crippen LogP contribution in [-0.2, 0) is 0 Å². The Kier molecular flexibility index (Phi) is 6.18. The van der Waals surface area contributed by atoms with Crippen LogP contribution in [0.5, 0.6) is 0 Å². The molecule has 0 fully saturated rings. The summed E-state index contributed by atoms with van der Waals surface area (Å²) in [6.45, 7) is 0. The number of para-hydroxylation sites is 1. The van der Waals surface area contributed by atoms with Gasteiger partial charge in [0.2, 0.25) is 0 Å². The van der Waals surface area contributed by atoms with E-state index >= 15 is 0 Å². The van der Waals surface area contributed by atoms with Crippen molar-refractivity contribution in [1.82, 2.24) is 15.0 Å². The topological polar surface area (TPSA) is 50.2 Å². The molecule has 0 spiro atoms. The van der Waals surface area contributed by atoms with E-state index < -0.39 is 0 Å². The lowest BCUT2D eigenvalue weighted by Gasteiger charge is -2.19. The zero-order valence-corrected chi connectivity index (χ0v) is 18.7. The minimum Gasteiger partial charge on any atom is -0.299 e. The summed E-state index contributed by atoms with van der Waals surface area (Å²) in [5, 5.41) is 3.19. The van der Waals surface area contributed by atoms with Gasteiger partial charge in [0.15, 0.2) is 0 Å². The Morgan fingerprint density at radius 2 is 1.61 bits per heavy atom. The van der Waals surface area contributed by atoms with Crippen molar-refractivity contribution in [3.8, 4) is 17.1 Å². The van der Waals surface area contributed by atoms with Gasteiger partial charge in [-0.1, -0.05) is 53.0 Å². The highest BCUT2D eigenvalue weighted by Gasteiger charge is 2.19. The van der Waals surface area contributed by atoms with Gasteiger partial charge in [-0.05, 0) is 54.6 Å². The predicted octanol–water partition coefficient (Wildman–Crippen LogP) is 6.28. The third kappa shape index (κ3) is 4.69. The van der Waals surface area contributed by atoms with Gasteiger partial charge < -0.3 is 0 Å². The molecule has 0 radical (unpaired) electrons. The number of carbonyl (C=O) groups excluding carboxylic acids is 1. The summed E-state index contributed by atoms with van der Waals surface area (Å²) in [5.74, 6) is 0.155. The Labute approximate surface area is 194 Å². The second-order valence-electron chi connectivity index (χ2n) is 6.76. The third-order valence-corrected chi connectivity index (χ3v) is 5.43. The molecule has 5 nitrogen and oxygen atoms in total. The van der Waals surface area contributed by atoms with E-state index in [1.165, 1.54) is 0 Å². The van der Waals surface area contributed by atoms with Gasteiger partial charge in [0.1, 0.15) is 11.5 Å². The fraction of sp³-hybridized carbons (Fsp3) is 0.0435. The highest BCUT2D eigenvalue weighted by atomic mass is 35.5. The van der Waals surface area contributed by atoms with Crippen LogP contribution in [-0.4, -0.2) is 22.5 Å². The summed E-state index contributed by atoms with van der Waals surface area (Å²) < 4.78 is 1.79. The van der Waals surface area contributed by atoms with E-state index in [4.69, 9.17) is 34.8 Å². The minimum absolute atomic E-state index is 0.235. The van der Waals surface area contributed by atoms with Crippen molar-refractivity contribution < 1.29 is 4.79 Å². The Bertz CT molecular complexity index is 1220. The number of anilines is 1. The van der Waals surface area contributed by atoms with Crippen molar-refractivity contribution in [1.29, 1.82) is 0 Å². The number of nitrogens with zero attached hydrogens (tertiary/aromatic N) is 3. The third-order valence-electron chi connectivity index (χ3n) is 4.63. The summed E-state index contributed by atoms with van der Waals surface area (Å²) in [7, 11) is 1.76. The number of nitrogens with one attached hydrogen (secondary N) is 1. The molecule has 1 heterocycles. The fourth-order valence-corrected chi connectivity index (χ4v) is 3.69. The number of hydrogen-bond acceptors (Lipinski definition) is 3. The summed E-state index contributed by atoms with van der Waals surface area (Å²) in [6.07, 6.45) is 1.66. The standard InChI is InChI=1S/C23H17Cl3N4O/c1-29(17-5-3-2-4-6-17)28-23(31)21-14-30(18-10-7-15(24)8-11-18)22(27-21)19-12-9-16(25)13-20(19)26/h2-14H,1H3,(H,28,31). The Morgan fingerprint density at radius 1 is 0.935 bits per heavy atom. The van der Waals surface area contributed by atoms with Gasteiger partial charge in [-0.15, -0.1) is 0 Å². The largest absolute Gasteiger partial charge is 0.299 e. The lowest BCUT2D eigenvalue weighted by atomic mass is 10.2. The van der Waals surface area contributed by atoms with Crippen LogP contribution >= 0.6 is 34.8 Å². The highest BCUT2D eigenvalue weighted by Crippen LogP contribution is 2.32. The van der Waals surface area contributed by atoms with Crippen molar-refractivity contribution in [3.63, 3.8) is 0 Å². The van der Waals surface area contributed by atoms with Gasteiger partial charge in [0, 0.05) is 34.5 Å². The molecular weight excluding hydrogens is 455 g/mol. The van der Waals surface area contributed by atoms with Crippen molar-refractivity contribution in [3.05, 3.63) is 99.8 Å². The Morgan fingerprint density at radius 3 is 2.29 bits per heavy atom. The van der Waals surface area contributed by atoms with E-state index in [2.05, 4.69) is 10.4 Å². The van der Waals surface area contributed by atoms with Crippen LogP contribution in [0.3, 0.4) is 0 Å². The summed E-state index contributed by atoms with van der Waals surface area (Å²) in [6, 6.07) is 21.9. The summed E-state index contributed by atoms with van der Waals surface area (Å²) in [4.78, 5) is 17.5. The van der Waals surface area contributed by atoms with Gasteiger partial charge in [0.25, 0.3) is 5.91 Å². The SMILES string of the molecule is CN(NC(=O)c1cn(-c2ccc(Cl)cc2)c(-c2ccc(Cl)cc2Cl)n1)c1ccccc1. The van der Waals surface area contributed by atoms with Crippen LogP contribution in [0.1, 0.15) is 10.5 Å². The molecule has 0 atom stereocenters. The van der Waals surface area contributed by atoms with Crippen LogP contribution in [0, 0.1) is 0 Å². The van der Waals surface area contributed by atoms with E-state index in [0.717, 1.165) is 11.4 Å². The molecule has 0 bridgehead atoms. The van der Waals surface area contributed by atoms with E-state index in [9.17, 15) is 4.79 Å². The molecule has 4 rings (SSSR count). The smallest absolute Gasteiger partial charge is 0.289 e. The number of aromatic nitrogens is 2. The first kappa shape index (κ1) is 21.2. The van der Waals surface area contributed by atoms with Crippen LogP contribution < -0.4 is 10.4 Å². The van der Waals surface area contributed by atoms with Crippen molar-refractivity contribution in [2.45, 2.75) is 0 Å². The van der Waals surface area contributed by atoms with Crippen LogP contribution in [0.15, 0.2) is 79.0 Å². The molecule has 4 aromatic rings. The average molecular weight is 472 g/mol. The molecule has 3 aromatic carbocycles. The second-order valence-corrected chi connectivity index (χ2v) is 8.04. The maximum Gasteiger partial charge on any atom is 0.289 e. The van der Waals surface area contributed by atoms with Gasteiger partial charge in [-0.25, -0.2) is 4.98 Å². The quantitative estimate of drug-likeness (QED) is 0.348. The molecular formula is C23H17Cl3N4O. The number of benzene rings is 3. The van der Waals surface area contributed by atoms with Gasteiger partial charge >= 0.3 is 0 Å². The number of hydrazine groups is 1. The van der Waals surface area contributed by atoms with E-state index in [-0.39, 0.29) is 11.6 Å². The van der Waals surface area contributed by atoms with Crippen molar-refractivity contribution in [2.75, 3.05) is 12.1 Å². The van der Waals surface area contributed by atoms with Gasteiger partial charge in [-0.2, -0.15) is 0 Å². The van der Waals surface area contributed by atoms with Crippen molar-refractivity contribution >= 4 is 46.4 Å². The molecule has 1 amide bonds. The number of carbonyl (C=O) groups is 1. The number of amides is 1. The molecule has 0 aliphatic heterocycles. The molecule has 0 saturated heterocycles. The molecule has 0 unspecified atom stereocenters. The Balaban J connectivity index is 1.74. The molecule has 1 aromatic heterocycles. The van der Waals surface area contributed by atoms with Crippen LogP contribution in [0.4, 0.5) is 5.69 Å². The monoisotopic (exact) mass is 470 g/mol. The van der Waals surface area contributed by atoms with E-state index in [1.807, 2.05) is 42.5 Å². The molecule has 0 saturated carbocycles. The molecule has 1 N–H and O–H groups in total. The number of hydrogen-bond donors (Lipinski definition) is 1. The summed E-state index contributed by atoms with van der Waals surface area (Å²) >= 11 is 18.5. The van der Waals surface area contributed by atoms with E-state index in [1.54, 1.807) is 53.2 Å². The minimum atomic E-state index is -0.356. The highest BCUT2D eigenvalue weighted by molar-refractivity contribution is 6.36. The number of rotatable bonds is 5. The maximum absolute atomic E-state index is 12.9. The number of imidazole rings is 1. The first-order chi connectivity index (χ1) is 14.9. The second kappa shape index (κ2) is 9.02. The molecule has 31 heavy (non-hydrogen) atoms. The maximum atomic E-state index is 12.9. The lowest BCUT2D eigenvalue weighted by Crippen LogP contribution is -2.39. The molecule has 8 heteroatoms. The Hall–Kier alpha value is -2.99. The molecule has 0 aliphatic carbocycles. The van der Waals surface area contributed by atoms with Gasteiger partial charge in [0.05, 0.1) is 10.7 Å². The zero-order valence-electron chi connectivity index (χ0n) is 16.4. The predicted molar refractivity (Wildman–Crippen MR) is 126 cm³/mol.